The van der Waals surface area contributed by atoms with Crippen LogP contribution in [0.5, 0.6) is 5.75 Å². The molecule has 35 heavy (non-hydrogen) atoms. The van der Waals surface area contributed by atoms with Gasteiger partial charge in [0.2, 0.25) is 0 Å². The van der Waals surface area contributed by atoms with E-state index in [1.165, 1.54) is 12.3 Å². The van der Waals surface area contributed by atoms with E-state index in [0.717, 1.165) is 16.7 Å². The fraction of sp³-hybridized carbons (Fsp3) is 0.500. The maximum absolute atomic E-state index is 14.2. The van der Waals surface area contributed by atoms with E-state index in [1.54, 1.807) is 12.1 Å². The third-order valence-corrected chi connectivity index (χ3v) is 7.63. The number of β-amino-alcohol motifs (C(OH)–C–C–N with tert-alkyl or cyclic N) is 1. The van der Waals surface area contributed by atoms with Crippen LogP contribution in [-0.2, 0) is 27.1 Å². The SMILES string of the molecule is C[C@@H](OC[C@H](O)CNC(C)(C)Cc1ccc([S+](C)[O-])c(F)c1)c1cccc2c1[C@@H]1[C@H](O2)[C@H]1C(=O)O. The number of ether oxygens (including phenoxy) is 2. The van der Waals surface area contributed by atoms with Crippen molar-refractivity contribution < 1.29 is 33.4 Å². The van der Waals surface area contributed by atoms with Crippen LogP contribution in [0, 0.1) is 11.7 Å². The average molecular weight is 506 g/mol. The third-order valence-electron chi connectivity index (χ3n) is 6.68. The van der Waals surface area contributed by atoms with Crippen LogP contribution in [0.1, 0.15) is 49.5 Å². The minimum absolute atomic E-state index is 0.0941. The van der Waals surface area contributed by atoms with Crippen molar-refractivity contribution in [3.05, 3.63) is 58.9 Å². The number of aliphatic hydroxyl groups excluding tert-OH is 1. The first kappa shape index (κ1) is 25.9. The van der Waals surface area contributed by atoms with Crippen molar-refractivity contribution in [2.24, 2.45) is 5.92 Å². The highest BCUT2D eigenvalue weighted by Gasteiger charge is 2.63. The lowest BCUT2D eigenvalue weighted by Gasteiger charge is -2.28. The van der Waals surface area contributed by atoms with Crippen molar-refractivity contribution in [1.82, 2.24) is 5.32 Å². The van der Waals surface area contributed by atoms with Crippen molar-refractivity contribution in [3.63, 3.8) is 0 Å². The number of rotatable bonds is 11. The quantitative estimate of drug-likeness (QED) is 0.402. The van der Waals surface area contributed by atoms with E-state index >= 15 is 0 Å². The molecule has 2 aliphatic rings. The van der Waals surface area contributed by atoms with Gasteiger partial charge in [0.05, 0.1) is 18.8 Å². The second-order valence-electron chi connectivity index (χ2n) is 10.0. The van der Waals surface area contributed by atoms with Gasteiger partial charge in [0.1, 0.15) is 24.0 Å². The fourth-order valence-corrected chi connectivity index (χ4v) is 5.44. The predicted octanol–water partition coefficient (Wildman–Crippen LogP) is 3.17. The predicted molar refractivity (Wildman–Crippen MR) is 130 cm³/mol. The van der Waals surface area contributed by atoms with Gasteiger partial charge in [0, 0.05) is 23.6 Å². The zero-order valence-electron chi connectivity index (χ0n) is 20.3. The van der Waals surface area contributed by atoms with Gasteiger partial charge in [-0.3, -0.25) is 4.79 Å². The van der Waals surface area contributed by atoms with Gasteiger partial charge in [-0.05, 0) is 67.7 Å². The monoisotopic (exact) mass is 505 g/mol. The summed E-state index contributed by atoms with van der Waals surface area (Å²) in [4.78, 5) is 11.6. The van der Waals surface area contributed by atoms with Crippen LogP contribution < -0.4 is 10.1 Å². The molecule has 1 unspecified atom stereocenters. The molecular formula is C26H32FNO6S. The Balaban J connectivity index is 1.29. The highest BCUT2D eigenvalue weighted by atomic mass is 32.2. The van der Waals surface area contributed by atoms with E-state index in [-0.39, 0.29) is 36.2 Å². The second kappa shape index (κ2) is 10.1. The number of hydrogen-bond acceptors (Lipinski definition) is 6. The number of hydrogen-bond donors (Lipinski definition) is 3. The van der Waals surface area contributed by atoms with Crippen molar-refractivity contribution in [1.29, 1.82) is 0 Å². The number of carboxylic acids is 1. The molecule has 1 fully saturated rings. The van der Waals surface area contributed by atoms with Crippen LogP contribution in [0.4, 0.5) is 4.39 Å². The summed E-state index contributed by atoms with van der Waals surface area (Å²) in [6, 6.07) is 10.4. The molecule has 6 atom stereocenters. The molecule has 2 aromatic carbocycles. The van der Waals surface area contributed by atoms with Crippen LogP contribution >= 0.6 is 0 Å². The number of aliphatic carboxylic acids is 1. The van der Waals surface area contributed by atoms with Gasteiger partial charge >= 0.3 is 5.97 Å². The molecule has 4 rings (SSSR count). The first-order valence-corrected chi connectivity index (χ1v) is 13.2. The Morgan fingerprint density at radius 2 is 2.09 bits per heavy atom. The number of carboxylic acid groups (broad SMARTS) is 1. The fourth-order valence-electron chi connectivity index (χ4n) is 4.85. The van der Waals surface area contributed by atoms with Gasteiger partial charge in [-0.25, -0.2) is 4.39 Å². The zero-order chi connectivity index (χ0) is 25.5. The summed E-state index contributed by atoms with van der Waals surface area (Å²) in [5.41, 5.74) is 2.14. The first-order valence-electron chi connectivity index (χ1n) is 11.7. The number of carbonyl (C=O) groups is 1. The molecule has 0 saturated heterocycles. The van der Waals surface area contributed by atoms with Gasteiger partial charge in [-0.2, -0.15) is 0 Å². The van der Waals surface area contributed by atoms with Gasteiger partial charge in [0.25, 0.3) is 0 Å². The zero-order valence-corrected chi connectivity index (χ0v) is 21.1. The molecule has 3 N–H and O–H groups in total. The molecule has 0 amide bonds. The Bertz CT molecular complexity index is 1090. The summed E-state index contributed by atoms with van der Waals surface area (Å²) in [7, 11) is 0. The lowest BCUT2D eigenvalue weighted by Crippen LogP contribution is -2.46. The summed E-state index contributed by atoms with van der Waals surface area (Å²) >= 11 is -1.38. The summed E-state index contributed by atoms with van der Waals surface area (Å²) in [5.74, 6) is -1.28. The lowest BCUT2D eigenvalue weighted by molar-refractivity contribution is -0.139. The standard InChI is InChI=1S/C26H32FNO6S/c1-14(17-6-5-7-19-21(17)22-23(25(30)31)24(22)34-19)33-13-16(29)12-28-26(2,3)11-15-8-9-20(35(4)32)18(27)10-15/h5-10,14,16,22-24,28-29H,11-13H2,1-4H3,(H,30,31)/t14-,16-,22+,23+,24+,35?/m1/s1. The Morgan fingerprint density at radius 1 is 1.34 bits per heavy atom. The summed E-state index contributed by atoms with van der Waals surface area (Å²) in [6.45, 7) is 6.18. The number of aliphatic hydroxyl groups is 1. The molecule has 2 aromatic rings. The Kier molecular flexibility index (Phi) is 7.45. The largest absolute Gasteiger partial charge is 0.612 e. The molecule has 1 aliphatic carbocycles. The molecule has 0 bridgehead atoms. The number of nitrogens with one attached hydrogen (secondary N) is 1. The van der Waals surface area contributed by atoms with Crippen molar-refractivity contribution in [2.45, 2.75) is 61.9 Å². The lowest BCUT2D eigenvalue weighted by atomic mass is 9.94. The maximum atomic E-state index is 14.2. The van der Waals surface area contributed by atoms with Crippen LogP contribution in [0.3, 0.4) is 0 Å². The molecule has 9 heteroatoms. The van der Waals surface area contributed by atoms with Gasteiger partial charge in [-0.1, -0.05) is 18.2 Å². The van der Waals surface area contributed by atoms with Crippen molar-refractivity contribution >= 4 is 17.1 Å². The van der Waals surface area contributed by atoms with E-state index < -0.39 is 40.5 Å². The number of benzene rings is 2. The normalized spacial score (nSPS) is 23.1. The smallest absolute Gasteiger partial charge is 0.311 e. The Morgan fingerprint density at radius 3 is 2.74 bits per heavy atom. The van der Waals surface area contributed by atoms with E-state index in [1.807, 2.05) is 39.0 Å². The molecule has 0 aromatic heterocycles. The molecule has 1 aliphatic heterocycles. The molecule has 7 nitrogen and oxygen atoms in total. The maximum Gasteiger partial charge on any atom is 0.311 e. The third kappa shape index (κ3) is 5.65. The van der Waals surface area contributed by atoms with Crippen molar-refractivity contribution in [3.8, 4) is 5.75 Å². The number of halogens is 1. The Hall–Kier alpha value is -2.17. The topological polar surface area (TPSA) is 111 Å². The molecular weight excluding hydrogens is 473 g/mol. The highest BCUT2D eigenvalue weighted by Crippen LogP contribution is 2.60. The summed E-state index contributed by atoms with van der Waals surface area (Å²) in [6.07, 6.45) is 0.556. The highest BCUT2D eigenvalue weighted by molar-refractivity contribution is 7.90. The second-order valence-corrected chi connectivity index (χ2v) is 11.4. The van der Waals surface area contributed by atoms with Crippen molar-refractivity contribution in [2.75, 3.05) is 19.4 Å². The van der Waals surface area contributed by atoms with Gasteiger partial charge in [0.15, 0.2) is 10.7 Å². The van der Waals surface area contributed by atoms with Gasteiger partial charge in [-0.15, -0.1) is 0 Å². The van der Waals surface area contributed by atoms with E-state index in [0.29, 0.717) is 12.2 Å². The van der Waals surface area contributed by atoms with Gasteiger partial charge < -0.3 is 29.6 Å². The molecule has 0 radical (unpaired) electrons. The van der Waals surface area contributed by atoms with E-state index in [4.69, 9.17) is 9.47 Å². The molecule has 190 valence electrons. The van der Waals surface area contributed by atoms with E-state index in [2.05, 4.69) is 5.32 Å². The summed E-state index contributed by atoms with van der Waals surface area (Å²) in [5, 5.41) is 23.2. The molecule has 1 heterocycles. The summed E-state index contributed by atoms with van der Waals surface area (Å²) < 4.78 is 37.4. The molecule has 0 spiro atoms. The minimum atomic E-state index is -1.38. The van der Waals surface area contributed by atoms with Crippen LogP contribution in [0.15, 0.2) is 41.3 Å². The minimum Gasteiger partial charge on any atom is -0.612 e. The van der Waals surface area contributed by atoms with Crippen LogP contribution in [0.25, 0.3) is 0 Å². The average Bonchev–Trinajstić information content (AvgIpc) is 3.37. The Labute approximate surface area is 207 Å². The van der Waals surface area contributed by atoms with E-state index in [9.17, 15) is 24.0 Å². The first-order chi connectivity index (χ1) is 16.5. The number of fused-ring (bicyclic) bond motifs is 3. The molecule has 1 saturated carbocycles. The van der Waals surface area contributed by atoms with Crippen LogP contribution in [0.2, 0.25) is 0 Å². The van der Waals surface area contributed by atoms with Crippen LogP contribution in [-0.4, -0.2) is 57.9 Å².